The lowest BCUT2D eigenvalue weighted by Crippen LogP contribution is -2.19. The van der Waals surface area contributed by atoms with E-state index in [9.17, 15) is 4.39 Å². The molecule has 0 spiro atoms. The average molecular weight is 369 g/mol. The van der Waals surface area contributed by atoms with Crippen LogP contribution in [0.1, 0.15) is 42.3 Å². The lowest BCUT2D eigenvalue weighted by molar-refractivity contribution is 0.305. The van der Waals surface area contributed by atoms with E-state index in [4.69, 9.17) is 4.74 Å². The molecule has 1 heterocycles. The van der Waals surface area contributed by atoms with Gasteiger partial charge in [-0.05, 0) is 62.4 Å². The zero-order valence-corrected chi connectivity index (χ0v) is 16.6. The maximum absolute atomic E-state index is 13.4. The molecule has 4 nitrogen and oxygen atoms in total. The summed E-state index contributed by atoms with van der Waals surface area (Å²) in [4.78, 5) is 4.42. The number of nitrogens with one attached hydrogen (secondary N) is 1. The van der Waals surface area contributed by atoms with E-state index in [0.29, 0.717) is 5.52 Å². The van der Waals surface area contributed by atoms with Crippen molar-refractivity contribution in [2.75, 3.05) is 18.6 Å². The molecule has 0 aliphatic carbocycles. The Bertz CT molecular complexity index is 910. The number of aryl methyl sites for hydroxylation is 3. The van der Waals surface area contributed by atoms with Gasteiger partial charge in [0.25, 0.3) is 0 Å². The highest BCUT2D eigenvalue weighted by atomic mass is 19.1. The molecule has 0 aliphatic rings. The first-order valence-corrected chi connectivity index (χ1v) is 9.61. The van der Waals surface area contributed by atoms with Gasteiger partial charge < -0.3 is 10.2 Å². The molecule has 0 radical (unpaired) electrons. The number of rotatable bonds is 8. The summed E-state index contributed by atoms with van der Waals surface area (Å²) in [5.74, 6) is 1.57. The van der Waals surface area contributed by atoms with E-state index in [0.717, 1.165) is 49.5 Å². The lowest BCUT2D eigenvalue weighted by Gasteiger charge is -2.15. The Kier molecular flexibility index (Phi) is 5.99. The van der Waals surface area contributed by atoms with Crippen molar-refractivity contribution < 1.29 is 9.13 Å². The van der Waals surface area contributed by atoms with Crippen molar-refractivity contribution in [3.05, 3.63) is 58.7 Å². The molecule has 3 aromatic rings. The van der Waals surface area contributed by atoms with Gasteiger partial charge >= 0.3 is 0 Å². The highest BCUT2D eigenvalue weighted by molar-refractivity contribution is 5.76. The molecule has 27 heavy (non-hydrogen) atoms. The van der Waals surface area contributed by atoms with Crippen LogP contribution in [0.5, 0.6) is 5.75 Å². The maximum Gasteiger partial charge on any atom is 0.125 e. The standard InChI is InChI=1S/C22H28FN3O/c1-5-6-11-27-22-15(2)12-18(13-16(22)3)9-10-24-26-17(4)25-20-14-19(23)7-8-21(20)26/h7-8,12-14,24H,5-6,9-11H2,1-4H3. The second-order valence-corrected chi connectivity index (χ2v) is 7.05. The van der Waals surface area contributed by atoms with Crippen molar-refractivity contribution in [3.63, 3.8) is 0 Å². The van der Waals surface area contributed by atoms with Gasteiger partial charge in [-0.3, -0.25) is 0 Å². The lowest BCUT2D eigenvalue weighted by atomic mass is 10.0. The predicted molar refractivity (Wildman–Crippen MR) is 109 cm³/mol. The smallest absolute Gasteiger partial charge is 0.125 e. The van der Waals surface area contributed by atoms with E-state index in [1.165, 1.54) is 28.8 Å². The van der Waals surface area contributed by atoms with Gasteiger partial charge in [-0.1, -0.05) is 25.5 Å². The molecular formula is C22H28FN3O. The van der Waals surface area contributed by atoms with E-state index >= 15 is 0 Å². The number of ether oxygens (including phenoxy) is 1. The second kappa shape index (κ2) is 8.42. The molecule has 2 aromatic carbocycles. The Morgan fingerprint density at radius 1 is 1.11 bits per heavy atom. The molecular weight excluding hydrogens is 341 g/mol. The summed E-state index contributed by atoms with van der Waals surface area (Å²) in [6.07, 6.45) is 3.10. The minimum absolute atomic E-state index is 0.264. The minimum Gasteiger partial charge on any atom is -0.493 e. The summed E-state index contributed by atoms with van der Waals surface area (Å²) in [5, 5.41) is 0. The van der Waals surface area contributed by atoms with Crippen LogP contribution in [0.3, 0.4) is 0 Å². The largest absolute Gasteiger partial charge is 0.493 e. The molecule has 0 unspecified atom stereocenters. The molecule has 1 N–H and O–H groups in total. The van der Waals surface area contributed by atoms with Crippen molar-refractivity contribution in [2.45, 2.75) is 47.0 Å². The van der Waals surface area contributed by atoms with Crippen molar-refractivity contribution in [1.82, 2.24) is 9.66 Å². The Balaban J connectivity index is 1.66. The number of hydrogen-bond acceptors (Lipinski definition) is 3. The van der Waals surface area contributed by atoms with Gasteiger partial charge in [0.2, 0.25) is 0 Å². The zero-order valence-electron chi connectivity index (χ0n) is 16.6. The van der Waals surface area contributed by atoms with Crippen LogP contribution in [0.15, 0.2) is 30.3 Å². The highest BCUT2D eigenvalue weighted by Crippen LogP contribution is 2.25. The van der Waals surface area contributed by atoms with Crippen molar-refractivity contribution >= 4 is 11.0 Å². The van der Waals surface area contributed by atoms with Crippen molar-refractivity contribution in [3.8, 4) is 5.75 Å². The summed E-state index contributed by atoms with van der Waals surface area (Å²) < 4.78 is 21.2. The van der Waals surface area contributed by atoms with E-state index in [2.05, 4.69) is 43.3 Å². The number of imidazole rings is 1. The number of nitrogens with zero attached hydrogens (tertiary/aromatic N) is 2. The molecule has 144 valence electrons. The van der Waals surface area contributed by atoms with Crippen molar-refractivity contribution in [2.24, 2.45) is 0 Å². The Hall–Kier alpha value is -2.56. The van der Waals surface area contributed by atoms with Gasteiger partial charge in [-0.2, -0.15) is 0 Å². The van der Waals surface area contributed by atoms with Crippen LogP contribution >= 0.6 is 0 Å². The summed E-state index contributed by atoms with van der Waals surface area (Å²) >= 11 is 0. The van der Waals surface area contributed by atoms with Crippen LogP contribution < -0.4 is 10.2 Å². The Morgan fingerprint density at radius 3 is 2.56 bits per heavy atom. The van der Waals surface area contributed by atoms with Gasteiger partial charge in [0.1, 0.15) is 17.4 Å². The normalized spacial score (nSPS) is 11.1. The van der Waals surface area contributed by atoms with Gasteiger partial charge in [0.05, 0.1) is 17.6 Å². The molecule has 0 amide bonds. The van der Waals surface area contributed by atoms with Crippen LogP contribution in [-0.2, 0) is 6.42 Å². The SMILES string of the molecule is CCCCOc1c(C)cc(CCNn2c(C)nc3cc(F)ccc32)cc1C. The summed E-state index contributed by atoms with van der Waals surface area (Å²) in [7, 11) is 0. The molecule has 1 aromatic heterocycles. The number of unbranched alkanes of at least 4 members (excludes halogenated alkanes) is 1. The molecule has 0 bridgehead atoms. The molecule has 0 aliphatic heterocycles. The van der Waals surface area contributed by atoms with E-state index in [1.807, 2.05) is 11.6 Å². The fourth-order valence-corrected chi connectivity index (χ4v) is 3.42. The first-order valence-electron chi connectivity index (χ1n) is 9.61. The fraction of sp³-hybridized carbons (Fsp3) is 0.409. The predicted octanol–water partition coefficient (Wildman–Crippen LogP) is 5.07. The summed E-state index contributed by atoms with van der Waals surface area (Å²) in [5.41, 5.74) is 8.59. The number of halogens is 1. The third-order valence-electron chi connectivity index (χ3n) is 4.73. The van der Waals surface area contributed by atoms with E-state index in [1.54, 1.807) is 6.07 Å². The fourth-order valence-electron chi connectivity index (χ4n) is 3.42. The quantitative estimate of drug-likeness (QED) is 0.564. The number of aromatic nitrogens is 2. The maximum atomic E-state index is 13.4. The molecule has 3 rings (SSSR count). The zero-order chi connectivity index (χ0) is 19.4. The van der Waals surface area contributed by atoms with Gasteiger partial charge in [0, 0.05) is 12.6 Å². The number of benzene rings is 2. The first-order chi connectivity index (χ1) is 13.0. The minimum atomic E-state index is -0.264. The average Bonchev–Trinajstić information content (AvgIpc) is 2.92. The van der Waals surface area contributed by atoms with Crippen LogP contribution in [0.2, 0.25) is 0 Å². The van der Waals surface area contributed by atoms with Crippen LogP contribution in [0.25, 0.3) is 11.0 Å². The molecule has 0 saturated carbocycles. The highest BCUT2D eigenvalue weighted by Gasteiger charge is 2.09. The van der Waals surface area contributed by atoms with Crippen LogP contribution in [0, 0.1) is 26.6 Å². The summed E-state index contributed by atoms with van der Waals surface area (Å²) in [6, 6.07) is 9.08. The molecule has 5 heteroatoms. The Morgan fingerprint density at radius 2 is 1.85 bits per heavy atom. The summed E-state index contributed by atoms with van der Waals surface area (Å²) in [6.45, 7) is 9.83. The van der Waals surface area contributed by atoms with Gasteiger partial charge in [-0.25, -0.2) is 14.1 Å². The topological polar surface area (TPSA) is 39.1 Å². The second-order valence-electron chi connectivity index (χ2n) is 7.05. The van der Waals surface area contributed by atoms with E-state index < -0.39 is 0 Å². The van der Waals surface area contributed by atoms with Crippen molar-refractivity contribution in [1.29, 1.82) is 0 Å². The molecule has 0 fully saturated rings. The monoisotopic (exact) mass is 369 g/mol. The molecule has 0 atom stereocenters. The number of hydrogen-bond donors (Lipinski definition) is 1. The third-order valence-corrected chi connectivity index (χ3v) is 4.73. The third kappa shape index (κ3) is 4.41. The van der Waals surface area contributed by atoms with Gasteiger partial charge in [0.15, 0.2) is 0 Å². The van der Waals surface area contributed by atoms with Gasteiger partial charge in [-0.15, -0.1) is 0 Å². The number of fused-ring (bicyclic) bond motifs is 1. The van der Waals surface area contributed by atoms with Crippen LogP contribution in [-0.4, -0.2) is 22.8 Å². The van der Waals surface area contributed by atoms with Crippen LogP contribution in [0.4, 0.5) is 4.39 Å². The van der Waals surface area contributed by atoms with E-state index in [-0.39, 0.29) is 5.82 Å². The molecule has 0 saturated heterocycles. The first kappa shape index (κ1) is 19.2. The Labute approximate surface area is 160 Å².